The van der Waals surface area contributed by atoms with Crippen molar-refractivity contribution < 1.29 is 0 Å². The van der Waals surface area contributed by atoms with Gasteiger partial charge in [-0.15, -0.1) is 0 Å². The van der Waals surface area contributed by atoms with Gasteiger partial charge in [0.1, 0.15) is 17.9 Å². The Morgan fingerprint density at radius 2 is 2.55 bits per heavy atom. The lowest BCUT2D eigenvalue weighted by atomic mass is 10.2. The summed E-state index contributed by atoms with van der Waals surface area (Å²) in [6.07, 6.45) is 6.55. The molecule has 3 nitrogen and oxygen atoms in total. The SMILES string of the molecule is C=CN1C(C#N)=CC=CC1N. The third kappa shape index (κ3) is 1.31. The fourth-order valence-electron chi connectivity index (χ4n) is 0.915. The summed E-state index contributed by atoms with van der Waals surface area (Å²) in [4.78, 5) is 1.61. The number of hydrogen-bond donors (Lipinski definition) is 1. The number of hydrogen-bond acceptors (Lipinski definition) is 3. The van der Waals surface area contributed by atoms with E-state index in [0.717, 1.165) is 0 Å². The van der Waals surface area contributed by atoms with Crippen molar-refractivity contribution in [2.45, 2.75) is 6.17 Å². The number of allylic oxidation sites excluding steroid dienone is 3. The van der Waals surface area contributed by atoms with Crippen molar-refractivity contribution in [3.8, 4) is 6.07 Å². The summed E-state index contributed by atoms with van der Waals surface area (Å²) in [5, 5.41) is 8.61. The second-order valence-electron chi connectivity index (χ2n) is 2.13. The monoisotopic (exact) mass is 147 g/mol. The van der Waals surface area contributed by atoms with Gasteiger partial charge in [0.2, 0.25) is 0 Å². The molecule has 56 valence electrons. The molecule has 1 unspecified atom stereocenters. The smallest absolute Gasteiger partial charge is 0.121 e. The predicted octanol–water partition coefficient (Wildman–Crippen LogP) is 0.694. The van der Waals surface area contributed by atoms with Crippen LogP contribution in [0.3, 0.4) is 0 Å². The first kappa shape index (κ1) is 7.58. The van der Waals surface area contributed by atoms with Crippen LogP contribution in [0.4, 0.5) is 0 Å². The van der Waals surface area contributed by atoms with Crippen molar-refractivity contribution in [2.24, 2.45) is 5.73 Å². The number of nitriles is 1. The average Bonchev–Trinajstić information content (AvgIpc) is 2.04. The van der Waals surface area contributed by atoms with Crippen molar-refractivity contribution in [3.05, 3.63) is 36.7 Å². The fraction of sp³-hybridized carbons (Fsp3) is 0.125. The lowest BCUT2D eigenvalue weighted by Gasteiger charge is -2.25. The maximum absolute atomic E-state index is 8.61. The van der Waals surface area contributed by atoms with E-state index in [-0.39, 0.29) is 6.17 Å². The molecule has 1 aliphatic heterocycles. The van der Waals surface area contributed by atoms with Crippen molar-refractivity contribution in [2.75, 3.05) is 0 Å². The molecule has 0 saturated heterocycles. The molecule has 0 aromatic carbocycles. The van der Waals surface area contributed by atoms with Crippen LogP contribution in [0.2, 0.25) is 0 Å². The van der Waals surface area contributed by atoms with E-state index >= 15 is 0 Å². The van der Waals surface area contributed by atoms with Gasteiger partial charge in [0, 0.05) is 0 Å². The van der Waals surface area contributed by atoms with Gasteiger partial charge in [-0.05, 0) is 18.4 Å². The minimum Gasteiger partial charge on any atom is -0.321 e. The summed E-state index contributed by atoms with van der Waals surface area (Å²) in [5.41, 5.74) is 6.15. The molecular weight excluding hydrogens is 138 g/mol. The Bertz CT molecular complexity index is 257. The highest BCUT2D eigenvalue weighted by Gasteiger charge is 2.13. The Morgan fingerprint density at radius 3 is 3.00 bits per heavy atom. The van der Waals surface area contributed by atoms with Gasteiger partial charge in [-0.1, -0.05) is 12.7 Å². The molecular formula is C8H9N3. The zero-order valence-corrected chi connectivity index (χ0v) is 6.07. The topological polar surface area (TPSA) is 53.0 Å². The zero-order chi connectivity index (χ0) is 8.27. The second-order valence-corrected chi connectivity index (χ2v) is 2.13. The van der Waals surface area contributed by atoms with Gasteiger partial charge in [-0.25, -0.2) is 0 Å². The van der Waals surface area contributed by atoms with Crippen LogP contribution in [0.25, 0.3) is 0 Å². The summed E-state index contributed by atoms with van der Waals surface area (Å²) in [6.45, 7) is 3.55. The molecule has 0 saturated carbocycles. The molecule has 0 aromatic heterocycles. The van der Waals surface area contributed by atoms with Crippen LogP contribution < -0.4 is 5.73 Å². The van der Waals surface area contributed by atoms with Gasteiger partial charge in [-0.3, -0.25) is 0 Å². The number of nitrogens with zero attached hydrogens (tertiary/aromatic N) is 2. The van der Waals surface area contributed by atoms with Gasteiger partial charge in [0.15, 0.2) is 0 Å². The van der Waals surface area contributed by atoms with Crippen LogP contribution >= 0.6 is 0 Å². The van der Waals surface area contributed by atoms with Crippen molar-refractivity contribution >= 4 is 0 Å². The molecule has 2 N–H and O–H groups in total. The normalized spacial score (nSPS) is 22.4. The van der Waals surface area contributed by atoms with Crippen LogP contribution in [-0.2, 0) is 0 Å². The molecule has 0 spiro atoms. The Hall–Kier alpha value is -1.53. The lowest BCUT2D eigenvalue weighted by Crippen LogP contribution is -2.36. The summed E-state index contributed by atoms with van der Waals surface area (Å²) in [5.74, 6) is 0. The van der Waals surface area contributed by atoms with Crippen LogP contribution in [0.15, 0.2) is 36.7 Å². The van der Waals surface area contributed by atoms with E-state index in [0.29, 0.717) is 5.70 Å². The maximum atomic E-state index is 8.61. The maximum Gasteiger partial charge on any atom is 0.121 e. The first-order valence-electron chi connectivity index (χ1n) is 3.24. The quantitative estimate of drug-likeness (QED) is 0.593. The molecule has 1 rings (SSSR count). The number of rotatable bonds is 1. The van der Waals surface area contributed by atoms with E-state index < -0.39 is 0 Å². The molecule has 1 atom stereocenters. The van der Waals surface area contributed by atoms with Crippen LogP contribution in [-0.4, -0.2) is 11.1 Å². The van der Waals surface area contributed by atoms with E-state index in [9.17, 15) is 0 Å². The van der Waals surface area contributed by atoms with E-state index in [1.54, 1.807) is 29.3 Å². The molecule has 3 heteroatoms. The largest absolute Gasteiger partial charge is 0.321 e. The molecule has 0 bridgehead atoms. The zero-order valence-electron chi connectivity index (χ0n) is 6.07. The molecule has 0 amide bonds. The summed E-state index contributed by atoms with van der Waals surface area (Å²) in [7, 11) is 0. The Labute approximate surface area is 65.7 Å². The average molecular weight is 147 g/mol. The fourth-order valence-corrected chi connectivity index (χ4v) is 0.915. The molecule has 11 heavy (non-hydrogen) atoms. The van der Waals surface area contributed by atoms with Crippen molar-refractivity contribution in [1.82, 2.24) is 4.90 Å². The van der Waals surface area contributed by atoms with E-state index in [4.69, 9.17) is 11.0 Å². The Balaban J connectivity index is 2.92. The molecule has 0 aromatic rings. The molecule has 0 fully saturated rings. The summed E-state index contributed by atoms with van der Waals surface area (Å²) >= 11 is 0. The highest BCUT2D eigenvalue weighted by Crippen LogP contribution is 2.11. The third-order valence-electron chi connectivity index (χ3n) is 1.47. The molecule has 0 radical (unpaired) electrons. The Kier molecular flexibility index (Phi) is 2.09. The van der Waals surface area contributed by atoms with Gasteiger partial charge in [0.25, 0.3) is 0 Å². The summed E-state index contributed by atoms with van der Waals surface area (Å²) in [6, 6.07) is 2.02. The van der Waals surface area contributed by atoms with Crippen LogP contribution in [0, 0.1) is 11.3 Å². The molecule has 0 aliphatic carbocycles. The van der Waals surface area contributed by atoms with E-state index in [1.807, 2.05) is 6.07 Å². The first-order chi connectivity index (χ1) is 5.29. The highest BCUT2D eigenvalue weighted by atomic mass is 15.2. The third-order valence-corrected chi connectivity index (χ3v) is 1.47. The van der Waals surface area contributed by atoms with Crippen molar-refractivity contribution in [3.63, 3.8) is 0 Å². The second kappa shape index (κ2) is 3.04. The summed E-state index contributed by atoms with van der Waals surface area (Å²) < 4.78 is 0. The number of nitrogens with two attached hydrogens (primary N) is 1. The van der Waals surface area contributed by atoms with Gasteiger partial charge >= 0.3 is 0 Å². The van der Waals surface area contributed by atoms with E-state index in [1.165, 1.54) is 0 Å². The standard InChI is InChI=1S/C8H9N3/c1-2-11-7(6-9)4-3-5-8(11)10/h2-5,8H,1,10H2. The van der Waals surface area contributed by atoms with Gasteiger partial charge in [-0.2, -0.15) is 5.26 Å². The van der Waals surface area contributed by atoms with Crippen LogP contribution in [0.5, 0.6) is 0 Å². The predicted molar refractivity (Wildman–Crippen MR) is 42.8 cm³/mol. The molecule has 1 aliphatic rings. The minimum absolute atomic E-state index is 0.257. The Morgan fingerprint density at radius 1 is 1.82 bits per heavy atom. The molecule has 1 heterocycles. The van der Waals surface area contributed by atoms with Crippen molar-refractivity contribution in [1.29, 1.82) is 5.26 Å². The van der Waals surface area contributed by atoms with E-state index in [2.05, 4.69) is 6.58 Å². The lowest BCUT2D eigenvalue weighted by molar-refractivity contribution is 0.411. The van der Waals surface area contributed by atoms with Crippen LogP contribution in [0.1, 0.15) is 0 Å². The van der Waals surface area contributed by atoms with Gasteiger partial charge < -0.3 is 10.6 Å². The van der Waals surface area contributed by atoms with Gasteiger partial charge in [0.05, 0.1) is 0 Å². The highest BCUT2D eigenvalue weighted by molar-refractivity contribution is 5.31. The minimum atomic E-state index is -0.257. The first-order valence-corrected chi connectivity index (χ1v) is 3.24.